The molecule has 3 rings (SSSR count). The smallest absolute Gasteiger partial charge is 0.0174 e. The average molecular weight is 357 g/mol. The molecule has 3 aromatic rings. The van der Waals surface area contributed by atoms with Gasteiger partial charge in [0.05, 0.1) is 0 Å². The number of hydrogen-bond donors (Lipinski definition) is 0. The fourth-order valence-electron chi connectivity index (χ4n) is 4.35. The second-order valence-electron chi connectivity index (χ2n) is 8.08. The second kappa shape index (κ2) is 8.13. The quantitative estimate of drug-likeness (QED) is 0.411. The van der Waals surface area contributed by atoms with Crippen molar-refractivity contribution in [2.75, 3.05) is 0 Å². The zero-order valence-corrected chi connectivity index (χ0v) is 17.2. The molecule has 0 N–H and O–H groups in total. The Labute approximate surface area is 165 Å². The molecule has 0 spiro atoms. The van der Waals surface area contributed by atoms with E-state index in [0.29, 0.717) is 0 Å². The molecule has 0 aromatic heterocycles. The van der Waals surface area contributed by atoms with Gasteiger partial charge >= 0.3 is 0 Å². The average Bonchev–Trinajstić information content (AvgIpc) is 2.74. The van der Waals surface area contributed by atoms with Crippen LogP contribution in [0.3, 0.4) is 0 Å². The summed E-state index contributed by atoms with van der Waals surface area (Å²) >= 11 is 0. The Bertz CT molecular complexity index is 849. The van der Waals surface area contributed by atoms with Gasteiger partial charge in [0, 0.05) is 10.8 Å². The molecule has 2 unspecified atom stereocenters. The molecule has 0 heterocycles. The lowest BCUT2D eigenvalue weighted by Gasteiger charge is -2.34. The molecule has 0 saturated heterocycles. The van der Waals surface area contributed by atoms with Gasteiger partial charge in [0.1, 0.15) is 0 Å². The van der Waals surface area contributed by atoms with Crippen LogP contribution in [0, 0.1) is 0 Å². The minimum Gasteiger partial charge on any atom is -0.0653 e. The molecule has 0 heteroatoms. The highest BCUT2D eigenvalue weighted by Gasteiger charge is 2.31. The summed E-state index contributed by atoms with van der Waals surface area (Å²) in [6.45, 7) is 9.35. The third-order valence-electron chi connectivity index (χ3n) is 6.42. The fraction of sp³-hybridized carbons (Fsp3) is 0.333. The van der Waals surface area contributed by atoms with E-state index in [-0.39, 0.29) is 10.8 Å². The Morgan fingerprint density at radius 1 is 0.556 bits per heavy atom. The molecule has 140 valence electrons. The van der Waals surface area contributed by atoms with Crippen molar-refractivity contribution in [3.05, 3.63) is 107 Å². The molecule has 0 aliphatic heterocycles. The molecule has 0 aliphatic carbocycles. The molecule has 27 heavy (non-hydrogen) atoms. The minimum atomic E-state index is 0.0289. The van der Waals surface area contributed by atoms with Crippen molar-refractivity contribution in [1.82, 2.24) is 0 Å². The van der Waals surface area contributed by atoms with Gasteiger partial charge in [-0.15, -0.1) is 0 Å². The lowest BCUT2D eigenvalue weighted by molar-refractivity contribution is 0.505. The SMILES string of the molecule is CCCC(C)(c1ccccc1)c1cccc(C(C)(CC)c2ccccc2)c1. The second-order valence-corrected chi connectivity index (χ2v) is 8.08. The van der Waals surface area contributed by atoms with Crippen LogP contribution in [0.15, 0.2) is 84.9 Å². The van der Waals surface area contributed by atoms with E-state index in [1.807, 2.05) is 0 Å². The maximum atomic E-state index is 2.46. The van der Waals surface area contributed by atoms with Crippen LogP contribution in [0.4, 0.5) is 0 Å². The van der Waals surface area contributed by atoms with Gasteiger partial charge in [-0.2, -0.15) is 0 Å². The molecule has 0 radical (unpaired) electrons. The first-order chi connectivity index (χ1) is 13.0. The van der Waals surface area contributed by atoms with Gasteiger partial charge in [0.2, 0.25) is 0 Å². The molecule has 0 nitrogen and oxygen atoms in total. The van der Waals surface area contributed by atoms with E-state index >= 15 is 0 Å². The van der Waals surface area contributed by atoms with Gasteiger partial charge in [-0.1, -0.05) is 119 Å². The third kappa shape index (κ3) is 3.72. The molecule has 0 fully saturated rings. The highest BCUT2D eigenvalue weighted by atomic mass is 14.3. The molecule has 3 aromatic carbocycles. The minimum absolute atomic E-state index is 0.0289. The Balaban J connectivity index is 2.11. The van der Waals surface area contributed by atoms with Gasteiger partial charge in [-0.3, -0.25) is 0 Å². The number of hydrogen-bond acceptors (Lipinski definition) is 0. The van der Waals surface area contributed by atoms with E-state index in [2.05, 4.69) is 113 Å². The number of rotatable bonds is 7. The molecular formula is C27H32. The maximum Gasteiger partial charge on any atom is 0.0174 e. The van der Waals surface area contributed by atoms with Crippen LogP contribution in [0.25, 0.3) is 0 Å². The standard InChI is InChI=1S/C27H32/c1-5-20-27(4,23-16-11-8-12-17-23)25-19-13-18-24(21-25)26(3,6-2)22-14-9-7-10-15-22/h7-19,21H,5-6,20H2,1-4H3. The third-order valence-corrected chi connectivity index (χ3v) is 6.42. The first kappa shape index (κ1) is 19.4. The van der Waals surface area contributed by atoms with Crippen molar-refractivity contribution in [2.45, 2.75) is 57.8 Å². The van der Waals surface area contributed by atoms with Gasteiger partial charge in [0.15, 0.2) is 0 Å². The van der Waals surface area contributed by atoms with Crippen LogP contribution in [-0.2, 0) is 10.8 Å². The lowest BCUT2D eigenvalue weighted by atomic mass is 9.69. The molecule has 0 aliphatic rings. The summed E-state index contributed by atoms with van der Waals surface area (Å²) in [5, 5.41) is 0. The molecule has 2 atom stereocenters. The van der Waals surface area contributed by atoms with Gasteiger partial charge in [-0.25, -0.2) is 0 Å². The van der Waals surface area contributed by atoms with Crippen molar-refractivity contribution in [1.29, 1.82) is 0 Å². The zero-order chi connectivity index (χ0) is 19.3. The lowest BCUT2D eigenvalue weighted by Crippen LogP contribution is -2.26. The number of benzene rings is 3. The Hall–Kier alpha value is -2.34. The van der Waals surface area contributed by atoms with Crippen molar-refractivity contribution >= 4 is 0 Å². The van der Waals surface area contributed by atoms with E-state index in [0.717, 1.165) is 12.8 Å². The summed E-state index contributed by atoms with van der Waals surface area (Å²) in [5.41, 5.74) is 5.69. The summed E-state index contributed by atoms with van der Waals surface area (Å²) in [5.74, 6) is 0. The molecule has 0 bridgehead atoms. The van der Waals surface area contributed by atoms with E-state index in [9.17, 15) is 0 Å². The van der Waals surface area contributed by atoms with Gasteiger partial charge < -0.3 is 0 Å². The van der Waals surface area contributed by atoms with Crippen LogP contribution in [0.2, 0.25) is 0 Å². The first-order valence-electron chi connectivity index (χ1n) is 10.3. The topological polar surface area (TPSA) is 0 Å². The molecular weight excluding hydrogens is 324 g/mol. The summed E-state index contributed by atoms with van der Waals surface area (Å²) in [7, 11) is 0. The highest BCUT2D eigenvalue weighted by molar-refractivity contribution is 5.45. The van der Waals surface area contributed by atoms with E-state index in [1.54, 1.807) is 0 Å². The van der Waals surface area contributed by atoms with Crippen LogP contribution in [0.5, 0.6) is 0 Å². The summed E-state index contributed by atoms with van der Waals surface area (Å²) in [4.78, 5) is 0. The van der Waals surface area contributed by atoms with Gasteiger partial charge in [0.25, 0.3) is 0 Å². The highest BCUT2D eigenvalue weighted by Crippen LogP contribution is 2.40. The molecule has 0 amide bonds. The van der Waals surface area contributed by atoms with Gasteiger partial charge in [-0.05, 0) is 35.1 Å². The van der Waals surface area contributed by atoms with E-state index in [1.165, 1.54) is 28.7 Å². The van der Waals surface area contributed by atoms with Crippen LogP contribution in [-0.4, -0.2) is 0 Å². The first-order valence-corrected chi connectivity index (χ1v) is 10.3. The van der Waals surface area contributed by atoms with Crippen molar-refractivity contribution in [2.24, 2.45) is 0 Å². The summed E-state index contributed by atoms with van der Waals surface area (Å²) < 4.78 is 0. The predicted octanol–water partition coefficient (Wildman–Crippen LogP) is 7.51. The normalized spacial score (nSPS) is 15.7. The predicted molar refractivity (Wildman–Crippen MR) is 117 cm³/mol. The Morgan fingerprint density at radius 3 is 1.48 bits per heavy atom. The van der Waals surface area contributed by atoms with E-state index in [4.69, 9.17) is 0 Å². The maximum absolute atomic E-state index is 2.46. The van der Waals surface area contributed by atoms with Crippen molar-refractivity contribution in [3.8, 4) is 0 Å². The Kier molecular flexibility index (Phi) is 5.85. The van der Waals surface area contributed by atoms with Crippen molar-refractivity contribution in [3.63, 3.8) is 0 Å². The summed E-state index contributed by atoms with van der Waals surface area (Å²) in [6, 6.07) is 31.2. The Morgan fingerprint density at radius 2 is 1.00 bits per heavy atom. The van der Waals surface area contributed by atoms with Crippen molar-refractivity contribution < 1.29 is 0 Å². The molecule has 0 saturated carbocycles. The van der Waals surface area contributed by atoms with Crippen LogP contribution >= 0.6 is 0 Å². The van der Waals surface area contributed by atoms with Crippen LogP contribution in [0.1, 0.15) is 69.2 Å². The van der Waals surface area contributed by atoms with E-state index < -0.39 is 0 Å². The summed E-state index contributed by atoms with van der Waals surface area (Å²) in [6.07, 6.45) is 3.39. The zero-order valence-electron chi connectivity index (χ0n) is 17.2. The fourth-order valence-corrected chi connectivity index (χ4v) is 4.35. The van der Waals surface area contributed by atoms with Crippen LogP contribution < -0.4 is 0 Å². The largest absolute Gasteiger partial charge is 0.0653 e. The monoisotopic (exact) mass is 356 g/mol.